The number of nitrogens with one attached hydrogen (secondary N) is 2. The van der Waals surface area contributed by atoms with E-state index in [1.54, 1.807) is 18.2 Å². The third kappa shape index (κ3) is 4.39. The number of likely N-dealkylation sites (tertiary alicyclic amines) is 1. The monoisotopic (exact) mass is 376 g/mol. The molecule has 0 bridgehead atoms. The van der Waals surface area contributed by atoms with Crippen molar-refractivity contribution in [2.75, 3.05) is 25.5 Å². The minimum absolute atomic E-state index is 0.0578. The van der Waals surface area contributed by atoms with Gasteiger partial charge in [0.25, 0.3) is 5.91 Å². The minimum atomic E-state index is -0.750. The highest BCUT2D eigenvalue weighted by Gasteiger charge is 2.23. The first-order valence-corrected chi connectivity index (χ1v) is 9.19. The number of hydrogen-bond donors (Lipinski definition) is 3. The highest BCUT2D eigenvalue weighted by molar-refractivity contribution is 7.18. The van der Waals surface area contributed by atoms with Crippen LogP contribution in [-0.4, -0.2) is 43.0 Å². The Bertz CT molecular complexity index is 823. The molecule has 26 heavy (non-hydrogen) atoms. The molecule has 0 radical (unpaired) electrons. The molecule has 138 valence electrons. The van der Waals surface area contributed by atoms with Gasteiger partial charge in [0.05, 0.1) is 5.69 Å². The van der Waals surface area contributed by atoms with Crippen molar-refractivity contribution in [3.8, 4) is 10.4 Å². The number of rotatable bonds is 4. The second-order valence-electron chi connectivity index (χ2n) is 6.43. The maximum absolute atomic E-state index is 13.5. The number of thiophene rings is 1. The van der Waals surface area contributed by atoms with Crippen LogP contribution in [0.15, 0.2) is 30.3 Å². The number of amides is 3. The molecule has 4 N–H and O–H groups in total. The van der Waals surface area contributed by atoms with E-state index in [1.165, 1.54) is 23.5 Å². The van der Waals surface area contributed by atoms with Gasteiger partial charge >= 0.3 is 6.03 Å². The summed E-state index contributed by atoms with van der Waals surface area (Å²) in [5.41, 5.74) is 6.20. The van der Waals surface area contributed by atoms with Crippen molar-refractivity contribution >= 4 is 29.0 Å². The molecule has 1 fully saturated rings. The van der Waals surface area contributed by atoms with Crippen molar-refractivity contribution in [2.45, 2.75) is 18.9 Å². The fraction of sp³-hybridized carbons (Fsp3) is 0.333. The minimum Gasteiger partial charge on any atom is -0.351 e. The molecule has 2 heterocycles. The van der Waals surface area contributed by atoms with Crippen molar-refractivity contribution in [3.05, 3.63) is 41.0 Å². The van der Waals surface area contributed by atoms with E-state index in [1.807, 2.05) is 7.05 Å². The Morgan fingerprint density at radius 2 is 2.15 bits per heavy atom. The van der Waals surface area contributed by atoms with Crippen molar-refractivity contribution in [3.63, 3.8) is 0 Å². The second kappa shape index (κ2) is 7.84. The normalized spacial score (nSPS) is 17.7. The molecule has 0 spiro atoms. The van der Waals surface area contributed by atoms with E-state index >= 15 is 0 Å². The summed E-state index contributed by atoms with van der Waals surface area (Å²) < 4.78 is 13.5. The van der Waals surface area contributed by atoms with Crippen LogP contribution in [0.3, 0.4) is 0 Å². The summed E-state index contributed by atoms with van der Waals surface area (Å²) in [7, 11) is 2.02. The van der Waals surface area contributed by atoms with E-state index in [4.69, 9.17) is 5.73 Å². The Morgan fingerprint density at radius 1 is 1.35 bits per heavy atom. The molecule has 2 aromatic rings. The second-order valence-corrected chi connectivity index (χ2v) is 7.48. The molecule has 3 amide bonds. The third-order valence-corrected chi connectivity index (χ3v) is 5.45. The summed E-state index contributed by atoms with van der Waals surface area (Å²) in [4.78, 5) is 27.2. The van der Waals surface area contributed by atoms with Gasteiger partial charge in [-0.2, -0.15) is 0 Å². The van der Waals surface area contributed by atoms with Crippen molar-refractivity contribution in [2.24, 2.45) is 5.73 Å². The van der Waals surface area contributed by atoms with Crippen molar-refractivity contribution < 1.29 is 14.0 Å². The van der Waals surface area contributed by atoms with Crippen LogP contribution in [0.25, 0.3) is 10.4 Å². The molecule has 0 aliphatic carbocycles. The number of urea groups is 1. The predicted octanol–water partition coefficient (Wildman–Crippen LogP) is 2.87. The van der Waals surface area contributed by atoms with E-state index in [2.05, 4.69) is 15.5 Å². The van der Waals surface area contributed by atoms with Gasteiger partial charge in [0, 0.05) is 17.5 Å². The van der Waals surface area contributed by atoms with Gasteiger partial charge in [0.15, 0.2) is 0 Å². The maximum Gasteiger partial charge on any atom is 0.316 e. The average molecular weight is 376 g/mol. The number of likely N-dealkylation sites (N-methyl/N-ethyl adjacent to an activating group) is 1. The van der Waals surface area contributed by atoms with Crippen LogP contribution in [0, 0.1) is 5.82 Å². The van der Waals surface area contributed by atoms with E-state index in [0.29, 0.717) is 21.0 Å². The van der Waals surface area contributed by atoms with Crippen LogP contribution in [0.1, 0.15) is 22.5 Å². The van der Waals surface area contributed by atoms with Crippen molar-refractivity contribution in [1.82, 2.24) is 10.2 Å². The Morgan fingerprint density at radius 3 is 2.85 bits per heavy atom. The van der Waals surface area contributed by atoms with Gasteiger partial charge in [-0.25, -0.2) is 9.18 Å². The van der Waals surface area contributed by atoms with Gasteiger partial charge in [-0.05, 0) is 50.2 Å². The average Bonchev–Trinajstić information content (AvgIpc) is 2.98. The number of hydrogen-bond acceptors (Lipinski definition) is 4. The smallest absolute Gasteiger partial charge is 0.316 e. The molecule has 1 aromatic carbocycles. The third-order valence-electron chi connectivity index (χ3n) is 4.27. The molecule has 1 aliphatic heterocycles. The summed E-state index contributed by atoms with van der Waals surface area (Å²) in [5, 5.41) is 5.51. The summed E-state index contributed by atoms with van der Waals surface area (Å²) in [6.45, 7) is 1.80. The first-order valence-electron chi connectivity index (χ1n) is 8.38. The topological polar surface area (TPSA) is 87.5 Å². The SMILES string of the molecule is CN1CCC[C@H](NC(=O)c2sc(-c3cccc(F)c3)cc2NC(N)=O)C1. The van der Waals surface area contributed by atoms with Crippen LogP contribution < -0.4 is 16.4 Å². The van der Waals surface area contributed by atoms with E-state index in [-0.39, 0.29) is 17.8 Å². The number of benzene rings is 1. The summed E-state index contributed by atoms with van der Waals surface area (Å²) in [6, 6.07) is 7.04. The lowest BCUT2D eigenvalue weighted by atomic mass is 10.1. The lowest BCUT2D eigenvalue weighted by Crippen LogP contribution is -2.46. The molecule has 1 atom stereocenters. The lowest BCUT2D eigenvalue weighted by Gasteiger charge is -2.30. The first kappa shape index (κ1) is 18.3. The molecule has 0 unspecified atom stereocenters. The van der Waals surface area contributed by atoms with Gasteiger partial charge < -0.3 is 21.3 Å². The Labute approximate surface area is 155 Å². The largest absolute Gasteiger partial charge is 0.351 e. The Kier molecular flexibility index (Phi) is 5.53. The first-order chi connectivity index (χ1) is 12.4. The van der Waals surface area contributed by atoms with Gasteiger partial charge in [0.1, 0.15) is 10.7 Å². The number of nitrogens with zero attached hydrogens (tertiary/aromatic N) is 1. The fourth-order valence-corrected chi connectivity index (χ4v) is 4.12. The fourth-order valence-electron chi connectivity index (χ4n) is 3.10. The Hall–Kier alpha value is -2.45. The highest BCUT2D eigenvalue weighted by Crippen LogP contribution is 2.35. The number of primary amides is 1. The van der Waals surface area contributed by atoms with Gasteiger partial charge in [-0.15, -0.1) is 11.3 Å². The predicted molar refractivity (Wildman–Crippen MR) is 101 cm³/mol. The van der Waals surface area contributed by atoms with Crippen LogP contribution in [0.4, 0.5) is 14.9 Å². The number of carbonyl (C=O) groups excluding carboxylic acids is 2. The number of halogens is 1. The van der Waals surface area contributed by atoms with Crippen molar-refractivity contribution in [1.29, 1.82) is 0 Å². The molecule has 0 saturated carbocycles. The molecule has 1 aromatic heterocycles. The van der Waals surface area contributed by atoms with Gasteiger partial charge in [0.2, 0.25) is 0 Å². The van der Waals surface area contributed by atoms with E-state index in [0.717, 1.165) is 25.9 Å². The number of carbonyl (C=O) groups is 2. The molecule has 1 saturated heterocycles. The highest BCUT2D eigenvalue weighted by atomic mass is 32.1. The standard InChI is InChI=1S/C18H21FN4O2S/c1-23-7-3-6-13(10-23)21-17(24)16-14(22-18(20)25)9-15(26-16)11-4-2-5-12(19)8-11/h2,4-5,8-9,13H,3,6-7,10H2,1H3,(H,21,24)(H3,20,22,25)/t13-/m0/s1. The van der Waals surface area contributed by atoms with Crippen LogP contribution in [-0.2, 0) is 0 Å². The zero-order valence-corrected chi connectivity index (χ0v) is 15.2. The molecule has 1 aliphatic rings. The number of piperidine rings is 1. The molecular formula is C18H21FN4O2S. The van der Waals surface area contributed by atoms with Crippen LogP contribution >= 0.6 is 11.3 Å². The number of anilines is 1. The molecule has 3 rings (SSSR count). The van der Waals surface area contributed by atoms with Crippen LogP contribution in [0.5, 0.6) is 0 Å². The molecular weight excluding hydrogens is 355 g/mol. The lowest BCUT2D eigenvalue weighted by molar-refractivity contribution is 0.0917. The quantitative estimate of drug-likeness (QED) is 0.767. The van der Waals surface area contributed by atoms with Gasteiger partial charge in [-0.1, -0.05) is 12.1 Å². The van der Waals surface area contributed by atoms with Gasteiger partial charge in [-0.3, -0.25) is 4.79 Å². The Balaban J connectivity index is 1.86. The number of nitrogens with two attached hydrogens (primary N) is 1. The zero-order valence-electron chi connectivity index (χ0n) is 14.4. The maximum atomic E-state index is 13.5. The van der Waals surface area contributed by atoms with Crippen LogP contribution in [0.2, 0.25) is 0 Å². The summed E-state index contributed by atoms with van der Waals surface area (Å²) in [6.07, 6.45) is 1.93. The zero-order chi connectivity index (χ0) is 18.7. The summed E-state index contributed by atoms with van der Waals surface area (Å²) >= 11 is 1.20. The summed E-state index contributed by atoms with van der Waals surface area (Å²) in [5.74, 6) is -0.627. The van der Waals surface area contributed by atoms with E-state index in [9.17, 15) is 14.0 Å². The van der Waals surface area contributed by atoms with E-state index < -0.39 is 6.03 Å². The molecule has 6 nitrogen and oxygen atoms in total. The molecule has 8 heteroatoms.